The number of hydrogen-bond donors (Lipinski definition) is 0. The molecule has 1 aromatic heterocycles. The smallest absolute Gasteiger partial charge is 0.122 e. The Balaban J connectivity index is 0.000000442. The number of imidazole rings is 1. The second-order valence-corrected chi connectivity index (χ2v) is 2.91. The van der Waals surface area contributed by atoms with Gasteiger partial charge in [0.1, 0.15) is 5.82 Å². The minimum absolute atomic E-state index is 1.02. The van der Waals surface area contributed by atoms with E-state index in [2.05, 4.69) is 27.6 Å². The minimum Gasteiger partial charge on any atom is -0.333 e. The summed E-state index contributed by atoms with van der Waals surface area (Å²) in [4.78, 5) is 6.68. The molecule has 0 saturated carbocycles. The minimum atomic E-state index is 1.02. The highest BCUT2D eigenvalue weighted by Crippen LogP contribution is 2.08. The summed E-state index contributed by atoms with van der Waals surface area (Å²) in [5, 5.41) is 0. The first-order chi connectivity index (χ1) is 7.40. The predicted molar refractivity (Wildman–Crippen MR) is 65.9 cm³/mol. The molecule has 15 heavy (non-hydrogen) atoms. The second-order valence-electron chi connectivity index (χ2n) is 2.91. The molecule has 0 spiro atoms. The van der Waals surface area contributed by atoms with Gasteiger partial charge in [0.05, 0.1) is 6.54 Å². The van der Waals surface area contributed by atoms with Crippen molar-refractivity contribution in [1.29, 1.82) is 0 Å². The van der Waals surface area contributed by atoms with Crippen LogP contribution in [0.4, 0.5) is 0 Å². The lowest BCUT2D eigenvalue weighted by atomic mass is 10.3. The van der Waals surface area contributed by atoms with Crippen molar-refractivity contribution in [3.05, 3.63) is 18.2 Å². The Kier molecular flexibility index (Phi) is 8.01. The molecule has 88 valence electrons. The maximum absolute atomic E-state index is 4.28. The van der Waals surface area contributed by atoms with Crippen LogP contribution in [0.2, 0.25) is 0 Å². The molecular weight excluding hydrogens is 186 g/mol. The number of likely N-dealkylation sites (N-methyl/N-ethyl adjacent to an activating group) is 1. The number of hydrogen-bond acceptors (Lipinski definition) is 2. The summed E-state index contributed by atoms with van der Waals surface area (Å²) in [6.07, 6.45) is 3.94. The van der Waals surface area contributed by atoms with Gasteiger partial charge in [-0.25, -0.2) is 4.98 Å². The third-order valence-corrected chi connectivity index (χ3v) is 2.27. The van der Waals surface area contributed by atoms with Crippen LogP contribution < -0.4 is 0 Å². The van der Waals surface area contributed by atoms with E-state index >= 15 is 0 Å². The molecule has 2 heterocycles. The Morgan fingerprint density at radius 3 is 2.47 bits per heavy atom. The molecular formula is C12H25N3. The van der Waals surface area contributed by atoms with Gasteiger partial charge in [-0.05, 0) is 6.54 Å². The highest BCUT2D eigenvalue weighted by atomic mass is 15.2. The van der Waals surface area contributed by atoms with Crippen molar-refractivity contribution in [3.63, 3.8) is 0 Å². The average Bonchev–Trinajstić information content (AvgIpc) is 2.81. The molecule has 1 aliphatic rings. The van der Waals surface area contributed by atoms with Crippen LogP contribution in [0.25, 0.3) is 0 Å². The Morgan fingerprint density at radius 2 is 1.87 bits per heavy atom. The highest BCUT2D eigenvalue weighted by molar-refractivity contribution is 4.95. The van der Waals surface area contributed by atoms with Crippen LogP contribution in [0.1, 0.15) is 40.4 Å². The number of rotatable bonds is 1. The summed E-state index contributed by atoms with van der Waals surface area (Å²) in [7, 11) is 0. The zero-order valence-corrected chi connectivity index (χ0v) is 10.8. The molecule has 0 amide bonds. The lowest BCUT2D eigenvalue weighted by molar-refractivity contribution is 0.228. The molecule has 0 fully saturated rings. The largest absolute Gasteiger partial charge is 0.333 e. The van der Waals surface area contributed by atoms with Crippen molar-refractivity contribution < 1.29 is 0 Å². The van der Waals surface area contributed by atoms with E-state index in [0.717, 1.165) is 19.6 Å². The second kappa shape index (κ2) is 8.48. The molecule has 1 aliphatic heterocycles. The molecule has 2 rings (SSSR count). The van der Waals surface area contributed by atoms with Gasteiger partial charge in [-0.1, -0.05) is 34.6 Å². The zero-order chi connectivity index (χ0) is 11.7. The van der Waals surface area contributed by atoms with Crippen molar-refractivity contribution >= 4 is 0 Å². The molecule has 3 nitrogen and oxygen atoms in total. The predicted octanol–water partition coefficient (Wildman–Crippen LogP) is 2.77. The van der Waals surface area contributed by atoms with Crippen molar-refractivity contribution in [2.24, 2.45) is 0 Å². The first-order valence-corrected chi connectivity index (χ1v) is 6.12. The molecule has 0 bridgehead atoms. The molecule has 1 aromatic rings. The van der Waals surface area contributed by atoms with Crippen molar-refractivity contribution in [2.75, 3.05) is 13.1 Å². The lowest BCUT2D eigenvalue weighted by Gasteiger charge is -2.25. The number of nitrogens with zero attached hydrogens (tertiary/aromatic N) is 3. The summed E-state index contributed by atoms with van der Waals surface area (Å²) in [6.45, 7) is 14.6. The highest BCUT2D eigenvalue weighted by Gasteiger charge is 2.13. The van der Waals surface area contributed by atoms with Crippen LogP contribution in [0, 0.1) is 0 Å². The Bertz CT molecular complexity index is 243. The standard InChI is InChI=1S/C8H13N3.2C2H6/c1-2-10-5-6-11-4-3-9-8(11)7-10;2*1-2/h3-4H,2,5-7H2,1H3;2*1-2H3. The molecule has 0 radical (unpaired) electrons. The van der Waals surface area contributed by atoms with Gasteiger partial charge in [0, 0.05) is 25.5 Å². The number of fused-ring (bicyclic) bond motifs is 1. The Labute approximate surface area is 94.1 Å². The third-order valence-electron chi connectivity index (χ3n) is 2.27. The van der Waals surface area contributed by atoms with Crippen LogP contribution in [0.5, 0.6) is 0 Å². The van der Waals surface area contributed by atoms with Gasteiger partial charge >= 0.3 is 0 Å². The molecule has 0 atom stereocenters. The van der Waals surface area contributed by atoms with E-state index in [-0.39, 0.29) is 0 Å². The van der Waals surface area contributed by atoms with E-state index < -0.39 is 0 Å². The summed E-state index contributed by atoms with van der Waals surface area (Å²) in [5.41, 5.74) is 0. The van der Waals surface area contributed by atoms with Gasteiger partial charge in [-0.2, -0.15) is 0 Å². The van der Waals surface area contributed by atoms with Crippen LogP contribution in [-0.4, -0.2) is 27.5 Å². The summed E-state index contributed by atoms with van der Waals surface area (Å²) in [5.74, 6) is 1.21. The SMILES string of the molecule is CC.CC.CCN1CCn2ccnc2C1. The third kappa shape index (κ3) is 4.04. The maximum Gasteiger partial charge on any atom is 0.122 e. The molecule has 0 unspecified atom stereocenters. The summed E-state index contributed by atoms with van der Waals surface area (Å²) in [6, 6.07) is 0. The van der Waals surface area contributed by atoms with Crippen LogP contribution in [-0.2, 0) is 13.1 Å². The van der Waals surface area contributed by atoms with E-state index in [1.807, 2.05) is 33.9 Å². The topological polar surface area (TPSA) is 21.1 Å². The summed E-state index contributed by atoms with van der Waals surface area (Å²) >= 11 is 0. The van der Waals surface area contributed by atoms with E-state index in [0.29, 0.717) is 0 Å². The van der Waals surface area contributed by atoms with Gasteiger partial charge < -0.3 is 4.57 Å². The quantitative estimate of drug-likeness (QED) is 0.712. The van der Waals surface area contributed by atoms with Crippen LogP contribution in [0.15, 0.2) is 12.4 Å². The molecule has 0 N–H and O–H groups in total. The van der Waals surface area contributed by atoms with Crippen LogP contribution >= 0.6 is 0 Å². The van der Waals surface area contributed by atoms with E-state index in [4.69, 9.17) is 0 Å². The monoisotopic (exact) mass is 211 g/mol. The van der Waals surface area contributed by atoms with Crippen molar-refractivity contribution in [2.45, 2.75) is 47.7 Å². The van der Waals surface area contributed by atoms with E-state index in [9.17, 15) is 0 Å². The Hall–Kier alpha value is -0.830. The molecule has 0 aliphatic carbocycles. The molecule has 0 aromatic carbocycles. The molecule has 0 saturated heterocycles. The average molecular weight is 211 g/mol. The fourth-order valence-corrected chi connectivity index (χ4v) is 1.49. The van der Waals surface area contributed by atoms with E-state index in [1.54, 1.807) is 0 Å². The zero-order valence-electron chi connectivity index (χ0n) is 10.8. The van der Waals surface area contributed by atoms with Gasteiger partial charge in [0.25, 0.3) is 0 Å². The summed E-state index contributed by atoms with van der Waals surface area (Å²) < 4.78 is 2.23. The van der Waals surface area contributed by atoms with E-state index in [1.165, 1.54) is 12.4 Å². The lowest BCUT2D eigenvalue weighted by Crippen LogP contribution is -2.33. The fourth-order valence-electron chi connectivity index (χ4n) is 1.49. The van der Waals surface area contributed by atoms with Crippen LogP contribution in [0.3, 0.4) is 0 Å². The van der Waals surface area contributed by atoms with Gasteiger partial charge in [-0.3, -0.25) is 4.90 Å². The van der Waals surface area contributed by atoms with Gasteiger partial charge in [0.15, 0.2) is 0 Å². The van der Waals surface area contributed by atoms with Crippen molar-refractivity contribution in [3.8, 4) is 0 Å². The van der Waals surface area contributed by atoms with Gasteiger partial charge in [-0.15, -0.1) is 0 Å². The maximum atomic E-state index is 4.28. The first kappa shape index (κ1) is 14.2. The van der Waals surface area contributed by atoms with Gasteiger partial charge in [0.2, 0.25) is 0 Å². The molecule has 3 heteroatoms. The van der Waals surface area contributed by atoms with Crippen molar-refractivity contribution in [1.82, 2.24) is 14.5 Å². The fraction of sp³-hybridized carbons (Fsp3) is 0.750. The first-order valence-electron chi connectivity index (χ1n) is 6.12. The Morgan fingerprint density at radius 1 is 1.20 bits per heavy atom. The number of aromatic nitrogens is 2. The normalized spacial score (nSPS) is 14.2.